The number of hydrogen-bond acceptors (Lipinski definition) is 2. The summed E-state index contributed by atoms with van der Waals surface area (Å²) < 4.78 is 0. The Balaban J connectivity index is 1.67. The van der Waals surface area contributed by atoms with E-state index in [-0.39, 0.29) is 5.41 Å². The molecule has 0 bridgehead atoms. The van der Waals surface area contributed by atoms with Gasteiger partial charge in [0.25, 0.3) is 0 Å². The number of carbonyl (C=O) groups is 1. The van der Waals surface area contributed by atoms with Crippen LogP contribution in [0.15, 0.2) is 11.6 Å². The molecule has 23 heavy (non-hydrogen) atoms. The highest BCUT2D eigenvalue weighted by atomic mass is 16.3. The lowest BCUT2D eigenvalue weighted by Crippen LogP contribution is -2.53. The van der Waals surface area contributed by atoms with Crippen LogP contribution < -0.4 is 0 Å². The standard InChI is InChI=1S/C21H28O2/c1-3-20-11-9-17-16-8-6-15(22)13-14(16)5-7-18(17)19(20)10-12-21(20,23)4-2/h2,13,16-19,23H,3,5-12H2,1H3/t16-,17-,18+,19+,20-,21+/m0/s1. The molecule has 4 aliphatic rings. The minimum absolute atomic E-state index is 0.0609. The molecule has 4 rings (SSSR count). The second-order valence-electron chi connectivity index (χ2n) is 8.40. The van der Waals surface area contributed by atoms with Crippen molar-refractivity contribution in [3.8, 4) is 12.3 Å². The number of rotatable bonds is 1. The Hall–Kier alpha value is -1.07. The van der Waals surface area contributed by atoms with Crippen LogP contribution in [0, 0.1) is 41.4 Å². The summed E-state index contributed by atoms with van der Waals surface area (Å²) in [6.07, 6.45) is 16.9. The Morgan fingerprint density at radius 3 is 2.78 bits per heavy atom. The monoisotopic (exact) mass is 312 g/mol. The molecule has 0 heterocycles. The van der Waals surface area contributed by atoms with Crippen molar-refractivity contribution in [1.29, 1.82) is 0 Å². The smallest absolute Gasteiger partial charge is 0.155 e. The van der Waals surface area contributed by atoms with Crippen molar-refractivity contribution < 1.29 is 9.90 Å². The van der Waals surface area contributed by atoms with Crippen LogP contribution in [0.4, 0.5) is 0 Å². The first kappa shape index (κ1) is 15.5. The maximum Gasteiger partial charge on any atom is 0.155 e. The van der Waals surface area contributed by atoms with Gasteiger partial charge >= 0.3 is 0 Å². The summed E-state index contributed by atoms with van der Waals surface area (Å²) in [5, 5.41) is 11.1. The maximum atomic E-state index is 11.8. The summed E-state index contributed by atoms with van der Waals surface area (Å²) in [5.41, 5.74) is 0.474. The van der Waals surface area contributed by atoms with Gasteiger partial charge in [0.1, 0.15) is 5.60 Å². The number of fused-ring (bicyclic) bond motifs is 5. The van der Waals surface area contributed by atoms with E-state index >= 15 is 0 Å². The molecule has 124 valence electrons. The van der Waals surface area contributed by atoms with Gasteiger partial charge in [-0.25, -0.2) is 0 Å². The zero-order chi connectivity index (χ0) is 16.2. The molecule has 4 aliphatic carbocycles. The average Bonchev–Trinajstić information content (AvgIpc) is 2.88. The molecular formula is C21H28O2. The van der Waals surface area contributed by atoms with E-state index in [9.17, 15) is 9.90 Å². The minimum Gasteiger partial charge on any atom is -0.377 e. The fourth-order valence-electron chi connectivity index (χ4n) is 6.96. The molecule has 0 spiro atoms. The van der Waals surface area contributed by atoms with Crippen molar-refractivity contribution in [3.05, 3.63) is 11.6 Å². The predicted octanol–water partition coefficient (Wildman–Crippen LogP) is 3.88. The minimum atomic E-state index is -0.893. The number of terminal acetylenes is 1. The van der Waals surface area contributed by atoms with Gasteiger partial charge in [0, 0.05) is 11.8 Å². The van der Waals surface area contributed by atoms with E-state index in [2.05, 4.69) is 12.8 Å². The van der Waals surface area contributed by atoms with Crippen LogP contribution >= 0.6 is 0 Å². The molecule has 0 saturated heterocycles. The first-order valence-corrected chi connectivity index (χ1v) is 9.48. The van der Waals surface area contributed by atoms with Gasteiger partial charge in [-0.3, -0.25) is 4.79 Å². The fourth-order valence-corrected chi connectivity index (χ4v) is 6.96. The quantitative estimate of drug-likeness (QED) is 0.746. The van der Waals surface area contributed by atoms with Crippen molar-refractivity contribution in [1.82, 2.24) is 0 Å². The van der Waals surface area contributed by atoms with Gasteiger partial charge in [-0.05, 0) is 81.1 Å². The summed E-state index contributed by atoms with van der Waals surface area (Å²) in [6.45, 7) is 2.22. The Bertz CT molecular complexity index is 597. The Kier molecular flexibility index (Phi) is 3.50. The van der Waals surface area contributed by atoms with E-state index in [0.717, 1.165) is 44.9 Å². The van der Waals surface area contributed by atoms with Crippen molar-refractivity contribution in [2.75, 3.05) is 0 Å². The summed E-state index contributed by atoms with van der Waals surface area (Å²) >= 11 is 0. The molecule has 2 nitrogen and oxygen atoms in total. The second kappa shape index (κ2) is 5.21. The molecular weight excluding hydrogens is 284 g/mol. The Morgan fingerprint density at radius 2 is 2.04 bits per heavy atom. The first-order chi connectivity index (χ1) is 11.0. The third kappa shape index (κ3) is 1.96. The third-order valence-electron chi connectivity index (χ3n) is 8.02. The molecule has 0 aromatic heterocycles. The van der Waals surface area contributed by atoms with Gasteiger partial charge in [-0.1, -0.05) is 18.4 Å². The lowest BCUT2D eigenvalue weighted by molar-refractivity contribution is -0.117. The van der Waals surface area contributed by atoms with Gasteiger partial charge < -0.3 is 5.11 Å². The molecule has 0 aromatic carbocycles. The van der Waals surface area contributed by atoms with Gasteiger partial charge in [0.2, 0.25) is 0 Å². The molecule has 0 unspecified atom stereocenters. The van der Waals surface area contributed by atoms with Gasteiger partial charge in [-0.15, -0.1) is 6.42 Å². The fraction of sp³-hybridized carbons (Fsp3) is 0.762. The van der Waals surface area contributed by atoms with Crippen molar-refractivity contribution in [2.24, 2.45) is 29.1 Å². The summed E-state index contributed by atoms with van der Waals surface area (Å²) in [6, 6.07) is 0. The van der Waals surface area contributed by atoms with Crippen LogP contribution in [0.2, 0.25) is 0 Å². The van der Waals surface area contributed by atoms with Gasteiger partial charge in [-0.2, -0.15) is 0 Å². The number of ketones is 1. The number of allylic oxidation sites excluding steroid dienone is 1. The molecule has 3 fully saturated rings. The summed E-state index contributed by atoms with van der Waals surface area (Å²) in [4.78, 5) is 11.8. The number of carbonyl (C=O) groups excluding carboxylic acids is 1. The lowest BCUT2D eigenvalue weighted by Gasteiger charge is -2.55. The zero-order valence-corrected chi connectivity index (χ0v) is 14.2. The SMILES string of the molecule is C#C[C@@]1(O)CC[C@@H]2[C@@H]3CCC4=CC(=O)CC[C@@H]4[C@@H]3CC[C@@]21CC. The average molecular weight is 312 g/mol. The Morgan fingerprint density at radius 1 is 1.22 bits per heavy atom. The highest BCUT2D eigenvalue weighted by molar-refractivity contribution is 5.91. The topological polar surface area (TPSA) is 37.3 Å². The third-order valence-corrected chi connectivity index (χ3v) is 8.02. The molecule has 0 radical (unpaired) electrons. The van der Waals surface area contributed by atoms with Crippen LogP contribution in [0.3, 0.4) is 0 Å². The highest BCUT2D eigenvalue weighted by Gasteiger charge is 2.63. The summed E-state index contributed by atoms with van der Waals surface area (Å²) in [7, 11) is 0. The number of aliphatic hydroxyl groups is 1. The van der Waals surface area contributed by atoms with Crippen molar-refractivity contribution in [2.45, 2.75) is 70.3 Å². The molecule has 6 atom stereocenters. The van der Waals surface area contributed by atoms with Crippen LogP contribution in [-0.4, -0.2) is 16.5 Å². The van der Waals surface area contributed by atoms with E-state index in [0.29, 0.717) is 29.5 Å². The van der Waals surface area contributed by atoms with Crippen LogP contribution in [0.1, 0.15) is 64.7 Å². The summed E-state index contributed by atoms with van der Waals surface area (Å²) in [5.74, 6) is 5.73. The van der Waals surface area contributed by atoms with Gasteiger partial charge in [0.05, 0.1) is 0 Å². The lowest BCUT2D eigenvalue weighted by atomic mass is 9.49. The predicted molar refractivity (Wildman–Crippen MR) is 90.5 cm³/mol. The van der Waals surface area contributed by atoms with Crippen LogP contribution in [0.25, 0.3) is 0 Å². The molecule has 0 aromatic rings. The highest BCUT2D eigenvalue weighted by Crippen LogP contribution is 2.66. The first-order valence-electron chi connectivity index (χ1n) is 9.48. The molecule has 0 aliphatic heterocycles. The van der Waals surface area contributed by atoms with E-state index in [1.807, 2.05) is 6.08 Å². The van der Waals surface area contributed by atoms with Crippen molar-refractivity contribution in [3.63, 3.8) is 0 Å². The molecule has 3 saturated carbocycles. The molecule has 2 heteroatoms. The van der Waals surface area contributed by atoms with E-state index < -0.39 is 5.60 Å². The normalized spacial score (nSPS) is 48.7. The van der Waals surface area contributed by atoms with Gasteiger partial charge in [0.15, 0.2) is 5.78 Å². The second-order valence-corrected chi connectivity index (χ2v) is 8.40. The van der Waals surface area contributed by atoms with E-state index in [1.165, 1.54) is 18.4 Å². The van der Waals surface area contributed by atoms with E-state index in [1.54, 1.807) is 0 Å². The molecule has 1 N–H and O–H groups in total. The zero-order valence-electron chi connectivity index (χ0n) is 14.2. The number of hydrogen-bond donors (Lipinski definition) is 1. The Labute approximate surface area is 139 Å². The van der Waals surface area contributed by atoms with E-state index in [4.69, 9.17) is 6.42 Å². The van der Waals surface area contributed by atoms with Crippen molar-refractivity contribution >= 4 is 5.78 Å². The molecule has 0 amide bonds. The van der Waals surface area contributed by atoms with Crippen LogP contribution in [-0.2, 0) is 4.79 Å². The van der Waals surface area contributed by atoms with Crippen LogP contribution in [0.5, 0.6) is 0 Å². The maximum absolute atomic E-state index is 11.8. The largest absolute Gasteiger partial charge is 0.377 e.